The van der Waals surface area contributed by atoms with Gasteiger partial charge < -0.3 is 20.7 Å². The van der Waals surface area contributed by atoms with Crippen LogP contribution < -0.4 is 11.1 Å². The molecule has 5 rings (SSSR count). The van der Waals surface area contributed by atoms with E-state index in [1.165, 1.54) is 10.9 Å². The molecule has 0 bridgehead atoms. The lowest BCUT2D eigenvalue weighted by Crippen LogP contribution is -2.48. The second kappa shape index (κ2) is 11.4. The molecule has 0 spiro atoms. The highest BCUT2D eigenvalue weighted by Crippen LogP contribution is 2.35. The van der Waals surface area contributed by atoms with Crippen LogP contribution in [0.5, 0.6) is 0 Å². The lowest BCUT2D eigenvalue weighted by atomic mass is 9.85. The van der Waals surface area contributed by atoms with Crippen molar-refractivity contribution in [2.75, 3.05) is 25.0 Å². The number of anilines is 2. The number of nitrogens with one attached hydrogen (secondary N) is 1. The number of fused-ring (bicyclic) bond motifs is 1. The summed E-state index contributed by atoms with van der Waals surface area (Å²) < 4.78 is 45.0. The summed E-state index contributed by atoms with van der Waals surface area (Å²) in [6.45, 7) is -1.17. The number of ether oxygens (including phenoxy) is 1. The second-order valence-electron chi connectivity index (χ2n) is 9.98. The Morgan fingerprint density at radius 2 is 1.90 bits per heavy atom. The van der Waals surface area contributed by atoms with Gasteiger partial charge in [0.1, 0.15) is 11.1 Å². The Bertz CT molecular complexity index is 1650. The summed E-state index contributed by atoms with van der Waals surface area (Å²) in [5.74, 6) is -0.565. The fourth-order valence-electron chi connectivity index (χ4n) is 4.96. The first kappa shape index (κ1) is 28.4. The molecule has 1 aliphatic rings. The van der Waals surface area contributed by atoms with Gasteiger partial charge in [-0.15, -0.1) is 5.10 Å². The number of nitriles is 1. The second-order valence-corrected chi connectivity index (χ2v) is 9.98. The zero-order chi connectivity index (χ0) is 29.9. The molecule has 15 heteroatoms. The third-order valence-corrected chi connectivity index (χ3v) is 7.13. The van der Waals surface area contributed by atoms with Crippen molar-refractivity contribution in [3.05, 3.63) is 65.9 Å². The van der Waals surface area contributed by atoms with Crippen LogP contribution in [-0.2, 0) is 16.8 Å². The summed E-state index contributed by atoms with van der Waals surface area (Å²) in [6.07, 6.45) is -3.89. The Kier molecular flexibility index (Phi) is 7.70. The first-order valence-electron chi connectivity index (χ1n) is 13.0. The summed E-state index contributed by atoms with van der Waals surface area (Å²) in [4.78, 5) is 25.6. The van der Waals surface area contributed by atoms with Crippen LogP contribution in [0.2, 0.25) is 0 Å². The summed E-state index contributed by atoms with van der Waals surface area (Å²) in [5, 5.41) is 25.7. The van der Waals surface area contributed by atoms with Crippen molar-refractivity contribution in [1.82, 2.24) is 29.7 Å². The zero-order valence-corrected chi connectivity index (χ0v) is 22.2. The average Bonchev–Trinajstić information content (AvgIpc) is 3.57. The minimum Gasteiger partial charge on any atom is -0.440 e. The van der Waals surface area contributed by atoms with Crippen molar-refractivity contribution >= 4 is 34.5 Å². The van der Waals surface area contributed by atoms with Gasteiger partial charge in [0, 0.05) is 25.0 Å². The number of primary amides is 1. The van der Waals surface area contributed by atoms with E-state index in [-0.39, 0.29) is 43.7 Å². The SMILES string of the molecule is N#CCC1(n2cc(C(N)=O)c(Nc3cccc(Cn4nnc5ccccc54)c3)n2)CCN(C(=O)OCC(F)(F)F)CC1. The van der Waals surface area contributed by atoms with Crippen molar-refractivity contribution in [2.24, 2.45) is 5.73 Å². The molecule has 3 N–H and O–H groups in total. The van der Waals surface area contributed by atoms with Gasteiger partial charge in [-0.1, -0.05) is 29.5 Å². The number of piperidine rings is 1. The number of benzene rings is 2. The van der Waals surface area contributed by atoms with Crippen LogP contribution in [0, 0.1) is 11.3 Å². The monoisotopic (exact) mass is 581 g/mol. The van der Waals surface area contributed by atoms with Crippen LogP contribution in [-0.4, -0.2) is 67.5 Å². The normalized spacial score (nSPS) is 14.9. The van der Waals surface area contributed by atoms with Crippen molar-refractivity contribution in [1.29, 1.82) is 5.26 Å². The molecule has 42 heavy (non-hydrogen) atoms. The number of carbonyl (C=O) groups excluding carboxylic acids is 2. The van der Waals surface area contributed by atoms with Crippen LogP contribution in [0.1, 0.15) is 35.2 Å². The van der Waals surface area contributed by atoms with Crippen molar-refractivity contribution in [2.45, 2.75) is 37.5 Å². The fourth-order valence-corrected chi connectivity index (χ4v) is 4.96. The van der Waals surface area contributed by atoms with Crippen molar-refractivity contribution in [3.63, 3.8) is 0 Å². The van der Waals surface area contributed by atoms with E-state index in [1.807, 2.05) is 42.5 Å². The fraction of sp³-hybridized carbons (Fsp3) is 0.333. The third-order valence-electron chi connectivity index (χ3n) is 7.13. The van der Waals surface area contributed by atoms with Crippen LogP contribution in [0.15, 0.2) is 54.7 Å². The molecule has 1 saturated heterocycles. The van der Waals surface area contributed by atoms with Gasteiger partial charge in [-0.05, 0) is 42.7 Å². The van der Waals surface area contributed by atoms with Crippen LogP contribution in [0.3, 0.4) is 0 Å². The van der Waals surface area contributed by atoms with E-state index >= 15 is 0 Å². The van der Waals surface area contributed by atoms with E-state index in [1.54, 1.807) is 10.7 Å². The third kappa shape index (κ3) is 6.12. The highest BCUT2D eigenvalue weighted by Gasteiger charge is 2.40. The number of carbonyl (C=O) groups is 2. The molecule has 0 atom stereocenters. The largest absolute Gasteiger partial charge is 0.440 e. The van der Waals surface area contributed by atoms with Gasteiger partial charge in [0.25, 0.3) is 5.91 Å². The maximum Gasteiger partial charge on any atom is 0.422 e. The molecule has 0 radical (unpaired) electrons. The molecule has 0 unspecified atom stereocenters. The Morgan fingerprint density at radius 1 is 1.14 bits per heavy atom. The first-order chi connectivity index (χ1) is 20.1. The maximum absolute atomic E-state index is 12.5. The Morgan fingerprint density at radius 3 is 2.62 bits per heavy atom. The number of alkyl halides is 3. The predicted octanol–water partition coefficient (Wildman–Crippen LogP) is 3.92. The van der Waals surface area contributed by atoms with E-state index in [0.717, 1.165) is 21.5 Å². The van der Waals surface area contributed by atoms with E-state index in [4.69, 9.17) is 5.73 Å². The van der Waals surface area contributed by atoms with Crippen molar-refractivity contribution in [3.8, 4) is 6.07 Å². The zero-order valence-electron chi connectivity index (χ0n) is 22.2. The van der Waals surface area contributed by atoms with E-state index < -0.39 is 30.3 Å². The molecule has 3 heterocycles. The molecule has 1 aliphatic heterocycles. The highest BCUT2D eigenvalue weighted by atomic mass is 19.4. The molecule has 218 valence electrons. The van der Waals surface area contributed by atoms with Gasteiger partial charge in [0.05, 0.1) is 30.1 Å². The van der Waals surface area contributed by atoms with Crippen LogP contribution in [0.4, 0.5) is 29.5 Å². The topological polar surface area (TPSA) is 157 Å². The quantitative estimate of drug-likeness (QED) is 0.317. The van der Waals surface area contributed by atoms with Gasteiger partial charge >= 0.3 is 12.3 Å². The molecule has 0 aliphatic carbocycles. The lowest BCUT2D eigenvalue weighted by molar-refractivity contribution is -0.162. The van der Waals surface area contributed by atoms with Crippen LogP contribution in [0.25, 0.3) is 11.0 Å². The molecule has 2 aromatic heterocycles. The van der Waals surface area contributed by atoms with Gasteiger partial charge in [0.15, 0.2) is 12.4 Å². The molecule has 4 aromatic rings. The van der Waals surface area contributed by atoms with E-state index in [2.05, 4.69) is 31.5 Å². The van der Waals surface area contributed by atoms with Gasteiger partial charge in [-0.25, -0.2) is 9.48 Å². The lowest BCUT2D eigenvalue weighted by Gasteiger charge is -2.40. The minimum absolute atomic E-state index is 0.0148. The number of nitrogens with zero attached hydrogens (tertiary/aromatic N) is 7. The summed E-state index contributed by atoms with van der Waals surface area (Å²) in [5.41, 5.74) is 8.01. The van der Waals surface area contributed by atoms with E-state index in [9.17, 15) is 28.0 Å². The Labute approximate surface area is 237 Å². The number of para-hydroxylation sites is 1. The molecular weight excluding hydrogens is 555 g/mol. The number of aromatic nitrogens is 5. The number of nitrogens with two attached hydrogens (primary N) is 1. The molecular formula is C27H26F3N9O3. The van der Waals surface area contributed by atoms with Crippen molar-refractivity contribution < 1.29 is 27.5 Å². The minimum atomic E-state index is -4.64. The molecule has 2 aromatic carbocycles. The number of rotatable bonds is 8. The van der Waals surface area contributed by atoms with Gasteiger partial charge in [0.2, 0.25) is 0 Å². The highest BCUT2D eigenvalue weighted by molar-refractivity contribution is 5.98. The molecule has 1 fully saturated rings. The van der Waals surface area contributed by atoms with Gasteiger partial charge in [-0.3, -0.25) is 9.48 Å². The Hall–Kier alpha value is -5.13. The molecule has 0 saturated carbocycles. The molecule has 12 nitrogen and oxygen atoms in total. The smallest absolute Gasteiger partial charge is 0.422 e. The van der Waals surface area contributed by atoms with Crippen LogP contribution >= 0.6 is 0 Å². The van der Waals surface area contributed by atoms with Gasteiger partial charge in [-0.2, -0.15) is 23.5 Å². The number of likely N-dealkylation sites (tertiary alicyclic amines) is 1. The van der Waals surface area contributed by atoms with E-state index in [0.29, 0.717) is 12.2 Å². The average molecular weight is 582 g/mol. The standard InChI is InChI=1S/C27H26F3N9O3/c28-27(29,30)17-42-25(41)37-12-9-26(8-11-31,10-13-37)39-16-20(23(32)40)24(35-39)33-19-5-3-4-18(14-19)15-38-22-7-2-1-6-21(22)34-36-38/h1-7,14,16H,8-10,12-13,15,17H2,(H2,32,40)(H,33,35). The summed E-state index contributed by atoms with van der Waals surface area (Å²) in [7, 11) is 0. The first-order valence-corrected chi connectivity index (χ1v) is 13.0. The number of hydrogen-bond donors (Lipinski definition) is 2. The Balaban J connectivity index is 1.34. The molecule has 2 amide bonds. The summed E-state index contributed by atoms with van der Waals surface area (Å²) >= 11 is 0. The predicted molar refractivity (Wildman–Crippen MR) is 144 cm³/mol. The number of hydrogen-bond acceptors (Lipinski definition) is 8. The number of amides is 2. The number of halogens is 3. The summed E-state index contributed by atoms with van der Waals surface area (Å²) in [6, 6.07) is 17.1. The maximum atomic E-state index is 12.5.